The summed E-state index contributed by atoms with van der Waals surface area (Å²) in [4.78, 5) is 14.2. The molecule has 1 aliphatic rings. The molecule has 0 aliphatic carbocycles. The highest BCUT2D eigenvalue weighted by molar-refractivity contribution is 8.04. The topological polar surface area (TPSA) is 35.5 Å². The van der Waals surface area contributed by atoms with E-state index in [0.717, 1.165) is 26.7 Å². The van der Waals surface area contributed by atoms with E-state index in [4.69, 9.17) is 9.47 Å². The lowest BCUT2D eigenvalue weighted by molar-refractivity contribution is 0.104. The maximum atomic E-state index is 12.4. The van der Waals surface area contributed by atoms with E-state index in [1.54, 1.807) is 0 Å². The summed E-state index contributed by atoms with van der Waals surface area (Å²) in [7, 11) is 0. The second-order valence-corrected chi connectivity index (χ2v) is 6.09. The summed E-state index contributed by atoms with van der Waals surface area (Å²) in [5, 5.41) is 0. The average Bonchev–Trinajstić information content (AvgIpc) is 2.87. The van der Waals surface area contributed by atoms with E-state index < -0.39 is 0 Å². The first kappa shape index (κ1) is 15.7. The van der Waals surface area contributed by atoms with Gasteiger partial charge in [-0.2, -0.15) is 0 Å². The number of carbonyl (C=O) groups excluding carboxylic acids is 1. The molecular formula is C19H18O3S. The lowest BCUT2D eigenvalue weighted by atomic mass is 10.1. The highest BCUT2D eigenvalue weighted by Gasteiger charge is 2.25. The minimum Gasteiger partial charge on any atom is -0.490 e. The minimum absolute atomic E-state index is 0.0810. The van der Waals surface area contributed by atoms with Crippen molar-refractivity contribution in [3.05, 3.63) is 58.5 Å². The van der Waals surface area contributed by atoms with Gasteiger partial charge in [-0.3, -0.25) is 4.79 Å². The molecule has 23 heavy (non-hydrogen) atoms. The van der Waals surface area contributed by atoms with E-state index in [1.165, 1.54) is 11.8 Å². The summed E-state index contributed by atoms with van der Waals surface area (Å²) >= 11 is 1.51. The molecule has 2 aromatic rings. The number of hydrogen-bond acceptors (Lipinski definition) is 4. The fourth-order valence-corrected chi connectivity index (χ4v) is 3.50. The van der Waals surface area contributed by atoms with Crippen molar-refractivity contribution in [1.29, 1.82) is 0 Å². The van der Waals surface area contributed by atoms with Crippen LogP contribution in [0.15, 0.2) is 52.3 Å². The van der Waals surface area contributed by atoms with E-state index in [-0.39, 0.29) is 5.78 Å². The lowest BCUT2D eigenvalue weighted by Crippen LogP contribution is -1.99. The number of fused-ring (bicyclic) bond motifs is 1. The molecule has 0 spiro atoms. The molecule has 2 aromatic carbocycles. The Morgan fingerprint density at radius 1 is 1.00 bits per heavy atom. The first-order valence-electron chi connectivity index (χ1n) is 7.65. The largest absolute Gasteiger partial charge is 0.490 e. The van der Waals surface area contributed by atoms with Crippen LogP contribution in [0.1, 0.15) is 29.8 Å². The van der Waals surface area contributed by atoms with E-state index in [0.29, 0.717) is 19.0 Å². The van der Waals surface area contributed by atoms with Gasteiger partial charge >= 0.3 is 0 Å². The molecule has 0 atom stereocenters. The van der Waals surface area contributed by atoms with Gasteiger partial charge in [-0.15, -0.1) is 0 Å². The van der Waals surface area contributed by atoms with Crippen LogP contribution in [0.2, 0.25) is 0 Å². The highest BCUT2D eigenvalue weighted by atomic mass is 32.2. The van der Waals surface area contributed by atoms with Gasteiger partial charge in [-0.25, -0.2) is 0 Å². The first-order valence-corrected chi connectivity index (χ1v) is 8.47. The Labute approximate surface area is 140 Å². The summed E-state index contributed by atoms with van der Waals surface area (Å²) in [5.41, 5.74) is 1.71. The van der Waals surface area contributed by atoms with Crippen LogP contribution in [0.4, 0.5) is 0 Å². The maximum Gasteiger partial charge on any atom is 0.200 e. The van der Waals surface area contributed by atoms with Crippen molar-refractivity contribution in [3.8, 4) is 11.5 Å². The van der Waals surface area contributed by atoms with Gasteiger partial charge in [0.15, 0.2) is 11.5 Å². The number of ketones is 1. The number of Topliss-reactive ketones (excluding diaryl/α,β-unsaturated/α-hetero) is 1. The number of ether oxygens (including phenoxy) is 2. The van der Waals surface area contributed by atoms with Crippen LogP contribution < -0.4 is 9.47 Å². The molecule has 0 radical (unpaired) electrons. The molecule has 3 rings (SSSR count). The normalized spacial score (nSPS) is 14.9. The number of rotatable bonds is 5. The van der Waals surface area contributed by atoms with Crippen molar-refractivity contribution in [1.82, 2.24) is 0 Å². The fraction of sp³-hybridized carbons (Fsp3) is 0.211. The Kier molecular flexibility index (Phi) is 4.72. The monoisotopic (exact) mass is 326 g/mol. The maximum absolute atomic E-state index is 12.4. The third-order valence-corrected chi connectivity index (χ3v) is 4.54. The summed E-state index contributed by atoms with van der Waals surface area (Å²) in [6, 6.07) is 13.4. The Bertz CT molecular complexity index is 765. The summed E-state index contributed by atoms with van der Waals surface area (Å²) in [6.07, 6.45) is 1.91. The van der Waals surface area contributed by atoms with E-state index in [1.807, 2.05) is 62.4 Å². The zero-order valence-corrected chi connectivity index (χ0v) is 14.0. The molecule has 0 saturated carbocycles. The molecule has 0 unspecified atom stereocenters. The van der Waals surface area contributed by atoms with Crippen LogP contribution in [0.3, 0.4) is 0 Å². The van der Waals surface area contributed by atoms with Gasteiger partial charge in [0.2, 0.25) is 5.78 Å². The summed E-state index contributed by atoms with van der Waals surface area (Å²) < 4.78 is 11.2. The Hall–Kier alpha value is -2.20. The van der Waals surface area contributed by atoms with Crippen molar-refractivity contribution in [2.24, 2.45) is 0 Å². The minimum atomic E-state index is 0.0810. The van der Waals surface area contributed by atoms with E-state index in [9.17, 15) is 4.79 Å². The molecule has 4 heteroatoms. The molecule has 0 fully saturated rings. The Balaban J connectivity index is 1.91. The number of thioether (sulfide) groups is 1. The van der Waals surface area contributed by atoms with Crippen LogP contribution in [-0.4, -0.2) is 19.0 Å². The number of benzene rings is 2. The molecule has 0 amide bonds. The Morgan fingerprint density at radius 2 is 1.74 bits per heavy atom. The van der Waals surface area contributed by atoms with Crippen LogP contribution in [0.5, 0.6) is 11.5 Å². The number of allylic oxidation sites excluding steroid dienone is 1. The van der Waals surface area contributed by atoms with Gasteiger partial charge in [-0.1, -0.05) is 30.0 Å². The van der Waals surface area contributed by atoms with Crippen LogP contribution >= 0.6 is 11.8 Å². The lowest BCUT2D eigenvalue weighted by Gasteiger charge is -2.11. The molecule has 0 N–H and O–H groups in total. The predicted octanol–water partition coefficient (Wildman–Crippen LogP) is 4.81. The van der Waals surface area contributed by atoms with Gasteiger partial charge in [0, 0.05) is 10.5 Å². The van der Waals surface area contributed by atoms with E-state index in [2.05, 4.69) is 0 Å². The molecule has 0 bridgehead atoms. The standard InChI is InChI=1S/C19H18O3S/c1-3-21-15-10-9-13(11-16(15)22-4-2)12-18-19(20)14-7-5-6-8-17(14)23-18/h5-12H,3-4H2,1-2H3/b18-12+. The number of carbonyl (C=O) groups is 1. The second kappa shape index (κ2) is 6.92. The molecule has 3 nitrogen and oxygen atoms in total. The fourth-order valence-electron chi connectivity index (χ4n) is 2.44. The third kappa shape index (κ3) is 3.27. The van der Waals surface area contributed by atoms with Crippen molar-refractivity contribution < 1.29 is 14.3 Å². The smallest absolute Gasteiger partial charge is 0.200 e. The van der Waals surface area contributed by atoms with Crippen molar-refractivity contribution in [2.75, 3.05) is 13.2 Å². The van der Waals surface area contributed by atoms with Gasteiger partial charge in [-0.05, 0) is 49.8 Å². The van der Waals surface area contributed by atoms with Gasteiger partial charge in [0.05, 0.1) is 18.1 Å². The number of hydrogen-bond donors (Lipinski definition) is 0. The first-order chi connectivity index (χ1) is 11.2. The molecule has 118 valence electrons. The second-order valence-electron chi connectivity index (χ2n) is 5.01. The molecule has 1 aliphatic heterocycles. The van der Waals surface area contributed by atoms with Crippen LogP contribution in [-0.2, 0) is 0 Å². The van der Waals surface area contributed by atoms with Crippen LogP contribution in [0, 0.1) is 0 Å². The molecule has 0 saturated heterocycles. The predicted molar refractivity (Wildman–Crippen MR) is 93.4 cm³/mol. The van der Waals surface area contributed by atoms with Crippen molar-refractivity contribution >= 4 is 23.6 Å². The highest BCUT2D eigenvalue weighted by Crippen LogP contribution is 2.41. The Morgan fingerprint density at radius 3 is 2.48 bits per heavy atom. The molecule has 1 heterocycles. The zero-order chi connectivity index (χ0) is 16.2. The quantitative estimate of drug-likeness (QED) is 0.738. The van der Waals surface area contributed by atoms with Crippen molar-refractivity contribution in [2.45, 2.75) is 18.7 Å². The summed E-state index contributed by atoms with van der Waals surface area (Å²) in [5.74, 6) is 1.51. The molecule has 0 aromatic heterocycles. The van der Waals surface area contributed by atoms with Gasteiger partial charge in [0.1, 0.15) is 0 Å². The SMILES string of the molecule is CCOc1ccc(/C=C2/Sc3ccccc3C2=O)cc1OCC. The zero-order valence-electron chi connectivity index (χ0n) is 13.2. The van der Waals surface area contributed by atoms with E-state index >= 15 is 0 Å². The van der Waals surface area contributed by atoms with Crippen LogP contribution in [0.25, 0.3) is 6.08 Å². The average molecular weight is 326 g/mol. The van der Waals surface area contributed by atoms with Crippen molar-refractivity contribution in [3.63, 3.8) is 0 Å². The summed E-state index contributed by atoms with van der Waals surface area (Å²) in [6.45, 7) is 5.04. The molecular weight excluding hydrogens is 308 g/mol. The van der Waals surface area contributed by atoms with Gasteiger partial charge < -0.3 is 9.47 Å². The van der Waals surface area contributed by atoms with Gasteiger partial charge in [0.25, 0.3) is 0 Å². The third-order valence-electron chi connectivity index (χ3n) is 3.44.